The molecule has 0 radical (unpaired) electrons. The minimum Gasteiger partial charge on any atom is -0.482 e. The molecule has 6 heteroatoms. The molecule has 1 aliphatic carbocycles. The van der Waals surface area contributed by atoms with Crippen LogP contribution in [-0.2, 0) is 9.53 Å². The number of hydrogen-bond donors (Lipinski definition) is 0. The summed E-state index contributed by atoms with van der Waals surface area (Å²) in [5.74, 6) is 0.939. The normalized spacial score (nSPS) is 28.4. The number of amides is 1. The molecule has 1 aromatic carbocycles. The van der Waals surface area contributed by atoms with Gasteiger partial charge < -0.3 is 14.4 Å². The fourth-order valence-corrected chi connectivity index (χ4v) is 5.28. The van der Waals surface area contributed by atoms with Crippen LogP contribution < -0.4 is 9.64 Å². The predicted molar refractivity (Wildman–Crippen MR) is 118 cm³/mol. The molecule has 0 bridgehead atoms. The van der Waals surface area contributed by atoms with Crippen LogP contribution in [0.4, 0.5) is 5.69 Å². The number of rotatable bonds is 4. The minimum atomic E-state index is 0. The molecule has 0 spiro atoms. The first-order valence-corrected chi connectivity index (χ1v) is 10.9. The number of fused-ring (bicyclic) bond motifs is 1. The van der Waals surface area contributed by atoms with Gasteiger partial charge in [0.15, 0.2) is 6.61 Å². The third kappa shape index (κ3) is 4.57. The van der Waals surface area contributed by atoms with Gasteiger partial charge in [0, 0.05) is 31.3 Å². The van der Waals surface area contributed by atoms with Gasteiger partial charge >= 0.3 is 0 Å². The number of nitrogens with zero attached hydrogens (tertiary/aromatic N) is 2. The molecule has 2 fully saturated rings. The molecule has 1 amide bonds. The summed E-state index contributed by atoms with van der Waals surface area (Å²) in [5.41, 5.74) is 2.40. The SMILES string of the molecule is CCO[C@H]1CC[C@](C)(N2CCC(N3C(=O)COc4ccc(C)cc43)CC2)CC1.Cl. The average molecular weight is 423 g/mol. The fourth-order valence-electron chi connectivity index (χ4n) is 5.28. The second kappa shape index (κ2) is 9.23. The van der Waals surface area contributed by atoms with Gasteiger partial charge in [-0.05, 0) is 77.0 Å². The second-order valence-corrected chi connectivity index (χ2v) is 8.89. The molecule has 1 saturated heterocycles. The number of likely N-dealkylation sites (tertiary alicyclic amines) is 1. The summed E-state index contributed by atoms with van der Waals surface area (Å²) in [6.45, 7) is 9.69. The average Bonchev–Trinajstić information content (AvgIpc) is 2.70. The molecule has 0 aromatic heterocycles. The number of carbonyl (C=O) groups excluding carboxylic acids is 1. The molecule has 0 unspecified atom stereocenters. The van der Waals surface area contributed by atoms with Crippen molar-refractivity contribution in [3.05, 3.63) is 23.8 Å². The summed E-state index contributed by atoms with van der Waals surface area (Å²) in [5, 5.41) is 0. The Labute approximate surface area is 181 Å². The molecular weight excluding hydrogens is 388 g/mol. The first kappa shape index (κ1) is 22.4. The van der Waals surface area contributed by atoms with E-state index in [4.69, 9.17) is 9.47 Å². The topological polar surface area (TPSA) is 42.0 Å². The summed E-state index contributed by atoms with van der Waals surface area (Å²) in [6, 6.07) is 6.41. The highest BCUT2D eigenvalue weighted by atomic mass is 35.5. The van der Waals surface area contributed by atoms with E-state index in [2.05, 4.69) is 37.8 Å². The fraction of sp³-hybridized carbons (Fsp3) is 0.696. The van der Waals surface area contributed by atoms with Crippen LogP contribution >= 0.6 is 12.4 Å². The molecule has 2 heterocycles. The zero-order valence-corrected chi connectivity index (χ0v) is 18.8. The van der Waals surface area contributed by atoms with Gasteiger partial charge in [-0.1, -0.05) is 6.07 Å². The standard InChI is InChI=1S/C23H34N2O3.ClH/c1-4-27-19-7-11-23(3,12-8-19)24-13-9-18(10-14-24)25-20-15-17(2)5-6-21(20)28-16-22(25)26;/h5-6,15,18-19H,4,7-14,16H2,1-3H3;1H/t19-,23-;. The first-order valence-electron chi connectivity index (χ1n) is 10.9. The Balaban J connectivity index is 0.00000240. The molecule has 2 aliphatic heterocycles. The van der Waals surface area contributed by atoms with Crippen molar-refractivity contribution in [1.82, 2.24) is 4.90 Å². The van der Waals surface area contributed by atoms with Gasteiger partial charge in [-0.25, -0.2) is 0 Å². The van der Waals surface area contributed by atoms with Crippen LogP contribution in [0.25, 0.3) is 0 Å². The first-order chi connectivity index (χ1) is 13.5. The maximum atomic E-state index is 12.7. The van der Waals surface area contributed by atoms with Crippen LogP contribution in [0.15, 0.2) is 18.2 Å². The van der Waals surface area contributed by atoms with E-state index in [1.54, 1.807) is 0 Å². The molecule has 5 nitrogen and oxygen atoms in total. The van der Waals surface area contributed by atoms with Crippen molar-refractivity contribution in [2.45, 2.75) is 77.0 Å². The van der Waals surface area contributed by atoms with Crippen LogP contribution in [0.5, 0.6) is 5.75 Å². The minimum absolute atomic E-state index is 0. The van der Waals surface area contributed by atoms with Crippen LogP contribution in [0.3, 0.4) is 0 Å². The van der Waals surface area contributed by atoms with Crippen molar-refractivity contribution < 1.29 is 14.3 Å². The third-order valence-corrected chi connectivity index (χ3v) is 7.00. The van der Waals surface area contributed by atoms with Gasteiger partial charge in [0.05, 0.1) is 11.8 Å². The largest absolute Gasteiger partial charge is 0.482 e. The van der Waals surface area contributed by atoms with E-state index in [0.29, 0.717) is 6.10 Å². The molecule has 1 saturated carbocycles. The summed E-state index contributed by atoms with van der Waals surface area (Å²) in [6.07, 6.45) is 7.26. The summed E-state index contributed by atoms with van der Waals surface area (Å²) in [7, 11) is 0. The number of piperidine rings is 1. The third-order valence-electron chi connectivity index (χ3n) is 7.00. The highest BCUT2D eigenvalue weighted by molar-refractivity contribution is 5.98. The zero-order chi connectivity index (χ0) is 19.7. The van der Waals surface area contributed by atoms with Crippen molar-refractivity contribution in [2.24, 2.45) is 0 Å². The Morgan fingerprint density at radius 3 is 2.52 bits per heavy atom. The number of hydrogen-bond acceptors (Lipinski definition) is 4. The number of benzene rings is 1. The van der Waals surface area contributed by atoms with E-state index in [9.17, 15) is 4.79 Å². The Kier molecular flexibility index (Phi) is 7.13. The molecule has 1 aromatic rings. The van der Waals surface area contributed by atoms with E-state index < -0.39 is 0 Å². The Hall–Kier alpha value is -1.30. The second-order valence-electron chi connectivity index (χ2n) is 8.89. The number of carbonyl (C=O) groups is 1. The molecular formula is C23H35ClN2O3. The Morgan fingerprint density at radius 1 is 1.17 bits per heavy atom. The Bertz CT molecular complexity index is 710. The van der Waals surface area contributed by atoms with Crippen molar-refractivity contribution in [2.75, 3.05) is 31.2 Å². The lowest BCUT2D eigenvalue weighted by atomic mass is 9.79. The van der Waals surface area contributed by atoms with Gasteiger partial charge in [-0.3, -0.25) is 9.69 Å². The maximum absolute atomic E-state index is 12.7. The predicted octanol–water partition coefficient (Wildman–Crippen LogP) is 4.34. The van der Waals surface area contributed by atoms with E-state index in [0.717, 1.165) is 49.5 Å². The van der Waals surface area contributed by atoms with Crippen molar-refractivity contribution in [1.29, 1.82) is 0 Å². The van der Waals surface area contributed by atoms with Gasteiger partial charge in [-0.2, -0.15) is 0 Å². The lowest BCUT2D eigenvalue weighted by Gasteiger charge is -2.50. The molecule has 0 atom stereocenters. The zero-order valence-electron chi connectivity index (χ0n) is 18.0. The van der Waals surface area contributed by atoms with Crippen LogP contribution in [0, 0.1) is 6.92 Å². The number of anilines is 1. The van der Waals surface area contributed by atoms with Gasteiger partial charge in [0.1, 0.15) is 5.75 Å². The van der Waals surface area contributed by atoms with Crippen LogP contribution in [0.1, 0.15) is 57.9 Å². The van der Waals surface area contributed by atoms with Crippen LogP contribution in [0.2, 0.25) is 0 Å². The van der Waals surface area contributed by atoms with Gasteiger partial charge in [0.2, 0.25) is 0 Å². The van der Waals surface area contributed by atoms with E-state index in [1.807, 2.05) is 11.0 Å². The number of aryl methyl sites for hydroxylation is 1. The smallest absolute Gasteiger partial charge is 0.265 e. The molecule has 29 heavy (non-hydrogen) atoms. The van der Waals surface area contributed by atoms with Gasteiger partial charge in [0.25, 0.3) is 5.91 Å². The summed E-state index contributed by atoms with van der Waals surface area (Å²) in [4.78, 5) is 17.4. The van der Waals surface area contributed by atoms with E-state index >= 15 is 0 Å². The molecule has 162 valence electrons. The van der Waals surface area contributed by atoms with Crippen molar-refractivity contribution >= 4 is 24.0 Å². The van der Waals surface area contributed by atoms with Gasteiger partial charge in [-0.15, -0.1) is 12.4 Å². The Morgan fingerprint density at radius 2 is 1.86 bits per heavy atom. The molecule has 0 N–H and O–H groups in total. The number of halogens is 1. The summed E-state index contributed by atoms with van der Waals surface area (Å²) >= 11 is 0. The van der Waals surface area contributed by atoms with E-state index in [1.165, 1.54) is 25.7 Å². The quantitative estimate of drug-likeness (QED) is 0.723. The lowest BCUT2D eigenvalue weighted by molar-refractivity contribution is -0.122. The van der Waals surface area contributed by atoms with Crippen LogP contribution in [-0.4, -0.2) is 54.8 Å². The molecule has 3 aliphatic rings. The number of ether oxygens (including phenoxy) is 2. The van der Waals surface area contributed by atoms with Crippen molar-refractivity contribution in [3.63, 3.8) is 0 Å². The highest BCUT2D eigenvalue weighted by Crippen LogP contribution is 2.39. The lowest BCUT2D eigenvalue weighted by Crippen LogP contribution is -2.56. The van der Waals surface area contributed by atoms with E-state index in [-0.39, 0.29) is 36.5 Å². The molecule has 4 rings (SSSR count). The highest BCUT2D eigenvalue weighted by Gasteiger charge is 2.40. The van der Waals surface area contributed by atoms with Crippen molar-refractivity contribution in [3.8, 4) is 5.75 Å². The summed E-state index contributed by atoms with van der Waals surface area (Å²) < 4.78 is 11.5. The maximum Gasteiger partial charge on any atom is 0.265 e. The monoisotopic (exact) mass is 422 g/mol.